The van der Waals surface area contributed by atoms with Crippen LogP contribution in [0.4, 0.5) is 0 Å². The highest BCUT2D eigenvalue weighted by atomic mass is 16.5. The molecule has 0 aliphatic heterocycles. The van der Waals surface area contributed by atoms with Gasteiger partial charge in [0.05, 0.1) is 6.61 Å². The standard InChI is InChI=1S/C12H17NO4/c1-4-6-8-7(3)13-11(15)9(10(8)14)12(16)17-5-2/h4-6H2,1-3H3,(H2,13,14,15). The maximum Gasteiger partial charge on any atom is 0.347 e. The lowest BCUT2D eigenvalue weighted by atomic mass is 10.0. The molecule has 0 radical (unpaired) electrons. The molecule has 1 heterocycles. The van der Waals surface area contributed by atoms with E-state index in [9.17, 15) is 14.7 Å². The summed E-state index contributed by atoms with van der Waals surface area (Å²) < 4.78 is 4.74. The van der Waals surface area contributed by atoms with Crippen LogP contribution in [0.1, 0.15) is 41.9 Å². The maximum absolute atomic E-state index is 11.6. The predicted molar refractivity (Wildman–Crippen MR) is 63.4 cm³/mol. The molecule has 1 aromatic rings. The third-order valence-electron chi connectivity index (χ3n) is 2.48. The summed E-state index contributed by atoms with van der Waals surface area (Å²) in [4.78, 5) is 25.7. The van der Waals surface area contributed by atoms with Gasteiger partial charge in [-0.25, -0.2) is 4.79 Å². The van der Waals surface area contributed by atoms with Crippen LogP contribution in [-0.2, 0) is 11.2 Å². The number of aromatic amines is 1. The minimum Gasteiger partial charge on any atom is -0.506 e. The monoisotopic (exact) mass is 239 g/mol. The number of aromatic nitrogens is 1. The third-order valence-corrected chi connectivity index (χ3v) is 2.48. The Kier molecular flexibility index (Phi) is 4.31. The Morgan fingerprint density at radius 2 is 2.06 bits per heavy atom. The molecule has 0 bridgehead atoms. The van der Waals surface area contributed by atoms with E-state index < -0.39 is 11.5 Å². The van der Waals surface area contributed by atoms with Crippen LogP contribution in [0.5, 0.6) is 5.75 Å². The van der Waals surface area contributed by atoms with Gasteiger partial charge in [-0.05, 0) is 20.3 Å². The topological polar surface area (TPSA) is 79.4 Å². The van der Waals surface area contributed by atoms with Gasteiger partial charge < -0.3 is 14.8 Å². The van der Waals surface area contributed by atoms with Crippen LogP contribution in [0.25, 0.3) is 0 Å². The summed E-state index contributed by atoms with van der Waals surface area (Å²) in [6, 6.07) is 0. The fraction of sp³-hybridized carbons (Fsp3) is 0.500. The molecule has 2 N–H and O–H groups in total. The molecule has 1 rings (SSSR count). The summed E-state index contributed by atoms with van der Waals surface area (Å²) in [5, 5.41) is 9.96. The summed E-state index contributed by atoms with van der Waals surface area (Å²) in [6.45, 7) is 5.45. The number of hydrogen-bond acceptors (Lipinski definition) is 4. The minimum absolute atomic E-state index is 0.161. The van der Waals surface area contributed by atoms with E-state index in [0.717, 1.165) is 6.42 Å². The average molecular weight is 239 g/mol. The Bertz CT molecular complexity index is 476. The Balaban J connectivity index is 3.35. The van der Waals surface area contributed by atoms with Gasteiger partial charge in [-0.15, -0.1) is 0 Å². The number of carbonyl (C=O) groups excluding carboxylic acids is 1. The molecule has 0 fully saturated rings. The van der Waals surface area contributed by atoms with E-state index in [4.69, 9.17) is 4.74 Å². The number of rotatable bonds is 4. The van der Waals surface area contributed by atoms with Gasteiger partial charge in [0.1, 0.15) is 5.75 Å². The Morgan fingerprint density at radius 3 is 2.59 bits per heavy atom. The second-order valence-electron chi connectivity index (χ2n) is 3.75. The molecule has 0 atom stereocenters. The molecule has 94 valence electrons. The van der Waals surface area contributed by atoms with Crippen molar-refractivity contribution in [3.63, 3.8) is 0 Å². The molecular formula is C12H17NO4. The van der Waals surface area contributed by atoms with E-state index in [2.05, 4.69) is 4.98 Å². The predicted octanol–water partition coefficient (Wildman–Crippen LogP) is 1.52. The van der Waals surface area contributed by atoms with Crippen molar-refractivity contribution in [1.29, 1.82) is 0 Å². The molecule has 1 aromatic heterocycles. The van der Waals surface area contributed by atoms with Crippen LogP contribution >= 0.6 is 0 Å². The number of H-pyrrole nitrogens is 1. The van der Waals surface area contributed by atoms with E-state index in [1.54, 1.807) is 13.8 Å². The minimum atomic E-state index is -0.788. The summed E-state index contributed by atoms with van der Waals surface area (Å²) in [7, 11) is 0. The molecule has 0 saturated heterocycles. The molecule has 0 aromatic carbocycles. The summed E-state index contributed by atoms with van der Waals surface area (Å²) >= 11 is 0. The van der Waals surface area contributed by atoms with Gasteiger partial charge in [0.15, 0.2) is 5.56 Å². The molecule has 0 aliphatic rings. The number of nitrogens with one attached hydrogen (secondary N) is 1. The molecule has 0 unspecified atom stereocenters. The smallest absolute Gasteiger partial charge is 0.347 e. The van der Waals surface area contributed by atoms with E-state index in [1.165, 1.54) is 0 Å². The SMILES string of the molecule is CCCc1c(C)[nH]c(=O)c(C(=O)OCC)c1O. The average Bonchev–Trinajstić information content (AvgIpc) is 2.24. The lowest BCUT2D eigenvalue weighted by Crippen LogP contribution is -2.22. The first-order chi connectivity index (χ1) is 8.02. The first-order valence-electron chi connectivity index (χ1n) is 5.64. The third kappa shape index (κ3) is 2.67. The Morgan fingerprint density at radius 1 is 1.41 bits per heavy atom. The van der Waals surface area contributed by atoms with Crippen LogP contribution in [0.15, 0.2) is 4.79 Å². The van der Waals surface area contributed by atoms with Crippen molar-refractivity contribution in [1.82, 2.24) is 4.98 Å². The molecular weight excluding hydrogens is 222 g/mol. The zero-order valence-electron chi connectivity index (χ0n) is 10.3. The van der Waals surface area contributed by atoms with Crippen LogP contribution in [-0.4, -0.2) is 22.7 Å². The number of pyridine rings is 1. The number of carbonyl (C=O) groups is 1. The normalized spacial score (nSPS) is 10.3. The summed E-state index contributed by atoms with van der Waals surface area (Å²) in [6.07, 6.45) is 1.41. The van der Waals surface area contributed by atoms with Gasteiger partial charge >= 0.3 is 5.97 Å². The molecule has 5 nitrogen and oxygen atoms in total. The highest BCUT2D eigenvalue weighted by molar-refractivity contribution is 5.92. The maximum atomic E-state index is 11.6. The number of esters is 1. The number of aryl methyl sites for hydroxylation is 1. The van der Waals surface area contributed by atoms with Gasteiger partial charge in [-0.3, -0.25) is 4.79 Å². The van der Waals surface area contributed by atoms with Crippen molar-refractivity contribution in [2.75, 3.05) is 6.61 Å². The van der Waals surface area contributed by atoms with Crippen molar-refractivity contribution in [2.24, 2.45) is 0 Å². The van der Waals surface area contributed by atoms with Crippen LogP contribution < -0.4 is 5.56 Å². The second-order valence-corrected chi connectivity index (χ2v) is 3.75. The van der Waals surface area contributed by atoms with Crippen molar-refractivity contribution >= 4 is 5.97 Å². The van der Waals surface area contributed by atoms with E-state index in [-0.39, 0.29) is 17.9 Å². The van der Waals surface area contributed by atoms with Crippen LogP contribution in [0.2, 0.25) is 0 Å². The van der Waals surface area contributed by atoms with Gasteiger partial charge in [0.25, 0.3) is 5.56 Å². The van der Waals surface area contributed by atoms with Gasteiger partial charge in [0, 0.05) is 11.3 Å². The summed E-state index contributed by atoms with van der Waals surface area (Å²) in [5.74, 6) is -1.05. The van der Waals surface area contributed by atoms with E-state index in [0.29, 0.717) is 17.7 Å². The van der Waals surface area contributed by atoms with Crippen molar-refractivity contribution in [2.45, 2.75) is 33.6 Å². The molecule has 0 spiro atoms. The molecule has 0 amide bonds. The Hall–Kier alpha value is -1.78. The number of hydrogen-bond donors (Lipinski definition) is 2. The van der Waals surface area contributed by atoms with Gasteiger partial charge in [-0.1, -0.05) is 13.3 Å². The van der Waals surface area contributed by atoms with Crippen molar-refractivity contribution < 1.29 is 14.6 Å². The van der Waals surface area contributed by atoms with Crippen LogP contribution in [0.3, 0.4) is 0 Å². The van der Waals surface area contributed by atoms with E-state index >= 15 is 0 Å². The zero-order valence-corrected chi connectivity index (χ0v) is 10.3. The first-order valence-corrected chi connectivity index (χ1v) is 5.64. The van der Waals surface area contributed by atoms with Gasteiger partial charge in [0.2, 0.25) is 0 Å². The van der Waals surface area contributed by atoms with E-state index in [1.807, 2.05) is 6.92 Å². The number of ether oxygens (including phenoxy) is 1. The summed E-state index contributed by atoms with van der Waals surface area (Å²) in [5.41, 5.74) is 0.261. The largest absolute Gasteiger partial charge is 0.506 e. The number of aromatic hydroxyl groups is 1. The fourth-order valence-corrected chi connectivity index (χ4v) is 1.69. The molecule has 0 saturated carbocycles. The lowest BCUT2D eigenvalue weighted by Gasteiger charge is -2.10. The van der Waals surface area contributed by atoms with Crippen molar-refractivity contribution in [3.05, 3.63) is 27.2 Å². The molecule has 17 heavy (non-hydrogen) atoms. The molecule has 5 heteroatoms. The lowest BCUT2D eigenvalue weighted by molar-refractivity contribution is 0.0520. The zero-order chi connectivity index (χ0) is 13.0. The highest BCUT2D eigenvalue weighted by Crippen LogP contribution is 2.23. The first kappa shape index (κ1) is 13.3. The van der Waals surface area contributed by atoms with Crippen molar-refractivity contribution in [3.8, 4) is 5.75 Å². The highest BCUT2D eigenvalue weighted by Gasteiger charge is 2.21. The Labute approximate surface area is 99.4 Å². The quantitative estimate of drug-likeness (QED) is 0.781. The fourth-order valence-electron chi connectivity index (χ4n) is 1.69. The van der Waals surface area contributed by atoms with Gasteiger partial charge in [-0.2, -0.15) is 0 Å². The molecule has 0 aliphatic carbocycles. The van der Waals surface area contributed by atoms with Crippen LogP contribution in [0, 0.1) is 6.92 Å². The second kappa shape index (κ2) is 5.52.